The van der Waals surface area contributed by atoms with Gasteiger partial charge in [-0.1, -0.05) is 6.92 Å². The Morgan fingerprint density at radius 1 is 1.42 bits per heavy atom. The van der Waals surface area contributed by atoms with Gasteiger partial charge in [0.15, 0.2) is 0 Å². The topological polar surface area (TPSA) is 41.1 Å². The Hall–Kier alpha value is -0.520. The molecule has 1 aliphatic carbocycles. The normalized spacial score (nSPS) is 25.9. The maximum Gasteiger partial charge on any atom is 0.223 e. The van der Waals surface area contributed by atoms with Crippen molar-refractivity contribution in [2.75, 3.05) is 13.1 Å². The number of hydrogen-bond acceptors (Lipinski definition) is 4. The van der Waals surface area contributed by atoms with E-state index in [9.17, 15) is 4.79 Å². The van der Waals surface area contributed by atoms with Crippen LogP contribution in [0.5, 0.6) is 0 Å². The molecule has 0 spiro atoms. The molecule has 0 aromatic carbocycles. The maximum atomic E-state index is 11.5. The van der Waals surface area contributed by atoms with Crippen molar-refractivity contribution in [2.24, 2.45) is 5.92 Å². The molecule has 2 heterocycles. The molecule has 1 aromatic heterocycles. The molecule has 104 valence electrons. The molecule has 1 aromatic rings. The van der Waals surface area contributed by atoms with Crippen LogP contribution in [0.3, 0.4) is 0 Å². The van der Waals surface area contributed by atoms with Gasteiger partial charge in [-0.15, -0.1) is 23.1 Å². The highest BCUT2D eigenvalue weighted by Gasteiger charge is 2.29. The monoisotopic (exact) mass is 296 g/mol. The van der Waals surface area contributed by atoms with Crippen molar-refractivity contribution in [3.63, 3.8) is 0 Å². The summed E-state index contributed by atoms with van der Waals surface area (Å²) in [7, 11) is 0. The zero-order valence-electron chi connectivity index (χ0n) is 11.1. The van der Waals surface area contributed by atoms with Gasteiger partial charge in [-0.2, -0.15) is 0 Å². The summed E-state index contributed by atoms with van der Waals surface area (Å²) in [6.45, 7) is 3.89. The third-order valence-electron chi connectivity index (χ3n) is 3.67. The Balaban J connectivity index is 1.46. The molecule has 1 amide bonds. The van der Waals surface area contributed by atoms with E-state index in [4.69, 9.17) is 0 Å². The fourth-order valence-electron chi connectivity index (χ4n) is 2.46. The molecular weight excluding hydrogens is 276 g/mol. The summed E-state index contributed by atoms with van der Waals surface area (Å²) >= 11 is 3.83. The van der Waals surface area contributed by atoms with E-state index in [2.05, 4.69) is 29.0 Å². The lowest BCUT2D eigenvalue weighted by Gasteiger charge is -2.27. The first-order chi connectivity index (χ1) is 9.24. The summed E-state index contributed by atoms with van der Waals surface area (Å²) in [5.41, 5.74) is 1.45. The second kappa shape index (κ2) is 5.85. The summed E-state index contributed by atoms with van der Waals surface area (Å²) in [5, 5.41) is 9.45. The third-order valence-corrected chi connectivity index (χ3v) is 6.02. The lowest BCUT2D eigenvalue weighted by Crippen LogP contribution is -2.35. The first kappa shape index (κ1) is 13.5. The van der Waals surface area contributed by atoms with Crippen molar-refractivity contribution in [2.45, 2.75) is 41.7 Å². The van der Waals surface area contributed by atoms with Gasteiger partial charge in [-0.25, -0.2) is 0 Å². The zero-order valence-corrected chi connectivity index (χ0v) is 12.8. The van der Waals surface area contributed by atoms with Crippen LogP contribution in [-0.2, 0) is 4.79 Å². The van der Waals surface area contributed by atoms with Gasteiger partial charge in [-0.3, -0.25) is 4.79 Å². The number of nitrogens with one attached hydrogen (secondary N) is 2. The smallest absolute Gasteiger partial charge is 0.223 e. The first-order valence-corrected chi connectivity index (χ1v) is 8.75. The first-order valence-electron chi connectivity index (χ1n) is 6.99. The predicted molar refractivity (Wildman–Crippen MR) is 80.7 cm³/mol. The van der Waals surface area contributed by atoms with Crippen LogP contribution in [0.1, 0.15) is 37.8 Å². The van der Waals surface area contributed by atoms with Crippen LogP contribution >= 0.6 is 23.1 Å². The minimum Gasteiger partial charge on any atom is -0.355 e. The molecule has 3 nitrogen and oxygen atoms in total. The summed E-state index contributed by atoms with van der Waals surface area (Å²) in [6.07, 6.45) is 3.33. The fraction of sp³-hybridized carbons (Fsp3) is 0.643. The molecule has 2 aliphatic rings. The van der Waals surface area contributed by atoms with Crippen LogP contribution in [0.2, 0.25) is 0 Å². The number of thiophene rings is 1. The van der Waals surface area contributed by atoms with Gasteiger partial charge in [0.05, 0.1) is 4.21 Å². The van der Waals surface area contributed by atoms with E-state index in [-0.39, 0.29) is 5.91 Å². The molecule has 2 atom stereocenters. The molecule has 3 rings (SSSR count). The molecule has 0 radical (unpaired) electrons. The largest absolute Gasteiger partial charge is 0.355 e. The van der Waals surface area contributed by atoms with Gasteiger partial charge in [0, 0.05) is 30.3 Å². The van der Waals surface area contributed by atoms with E-state index < -0.39 is 0 Å². The van der Waals surface area contributed by atoms with Crippen molar-refractivity contribution in [1.82, 2.24) is 10.6 Å². The average Bonchev–Trinajstić information content (AvgIpc) is 3.13. The van der Waals surface area contributed by atoms with Gasteiger partial charge in [0.1, 0.15) is 0 Å². The number of carbonyl (C=O) groups is 1. The van der Waals surface area contributed by atoms with E-state index in [1.165, 1.54) is 16.2 Å². The Labute approximate surface area is 122 Å². The number of carbonyl (C=O) groups excluding carboxylic acids is 1. The lowest BCUT2D eigenvalue weighted by atomic mass is 10.1. The highest BCUT2D eigenvalue weighted by atomic mass is 32.2. The molecule has 1 unspecified atom stereocenters. The highest BCUT2D eigenvalue weighted by Crippen LogP contribution is 2.43. The Bertz CT molecular complexity index is 456. The molecule has 1 aliphatic heterocycles. The summed E-state index contributed by atoms with van der Waals surface area (Å²) in [6, 6.07) is 2.69. The van der Waals surface area contributed by atoms with Crippen LogP contribution in [0.4, 0.5) is 0 Å². The van der Waals surface area contributed by atoms with Gasteiger partial charge in [0.2, 0.25) is 5.91 Å². The molecular formula is C14H20N2OS2. The van der Waals surface area contributed by atoms with Gasteiger partial charge in [0.25, 0.3) is 0 Å². The van der Waals surface area contributed by atoms with E-state index in [0.29, 0.717) is 17.2 Å². The highest BCUT2D eigenvalue weighted by molar-refractivity contribution is 8.01. The van der Waals surface area contributed by atoms with Gasteiger partial charge >= 0.3 is 0 Å². The van der Waals surface area contributed by atoms with Crippen molar-refractivity contribution in [3.05, 3.63) is 17.0 Å². The zero-order chi connectivity index (χ0) is 13.2. The summed E-state index contributed by atoms with van der Waals surface area (Å²) < 4.78 is 1.46. The molecule has 0 saturated heterocycles. The Morgan fingerprint density at radius 2 is 2.26 bits per heavy atom. The molecule has 2 N–H and O–H groups in total. The number of hydrogen-bond donors (Lipinski definition) is 2. The average molecular weight is 296 g/mol. The molecule has 0 bridgehead atoms. The van der Waals surface area contributed by atoms with Gasteiger partial charge in [-0.05, 0) is 36.3 Å². The second-order valence-corrected chi connectivity index (χ2v) is 8.02. The summed E-state index contributed by atoms with van der Waals surface area (Å²) in [4.78, 5) is 11.5. The fourth-order valence-corrected chi connectivity index (χ4v) is 5.03. The minimum absolute atomic E-state index is 0.241. The van der Waals surface area contributed by atoms with Crippen molar-refractivity contribution in [3.8, 4) is 0 Å². The standard InChI is InChI=1S/C14H20N2OS2/c1-9-8-12(11-4-7-18-14(11)19-9)15-5-6-16-13(17)10-2-3-10/h4,7,9-10,12,15H,2-3,5-6,8H2,1H3,(H,16,17)/t9-,12?/m0/s1. The molecule has 5 heteroatoms. The van der Waals surface area contributed by atoms with Crippen LogP contribution in [0.25, 0.3) is 0 Å². The maximum absolute atomic E-state index is 11.5. The van der Waals surface area contributed by atoms with Crippen LogP contribution < -0.4 is 10.6 Å². The number of amides is 1. The summed E-state index contributed by atoms with van der Waals surface area (Å²) in [5.74, 6) is 0.556. The Morgan fingerprint density at radius 3 is 3.05 bits per heavy atom. The molecule has 1 saturated carbocycles. The second-order valence-electron chi connectivity index (χ2n) is 5.40. The number of fused-ring (bicyclic) bond motifs is 1. The van der Waals surface area contributed by atoms with E-state index >= 15 is 0 Å². The van der Waals surface area contributed by atoms with Crippen molar-refractivity contribution >= 4 is 29.0 Å². The van der Waals surface area contributed by atoms with E-state index in [0.717, 1.165) is 25.9 Å². The van der Waals surface area contributed by atoms with Crippen LogP contribution in [-0.4, -0.2) is 24.2 Å². The van der Waals surface area contributed by atoms with Crippen molar-refractivity contribution < 1.29 is 4.79 Å². The van der Waals surface area contributed by atoms with Crippen LogP contribution in [0, 0.1) is 5.92 Å². The van der Waals surface area contributed by atoms with Gasteiger partial charge < -0.3 is 10.6 Å². The molecule has 1 fully saturated rings. The van der Waals surface area contributed by atoms with Crippen molar-refractivity contribution in [1.29, 1.82) is 0 Å². The third kappa shape index (κ3) is 3.33. The van der Waals surface area contributed by atoms with Crippen LogP contribution in [0.15, 0.2) is 15.7 Å². The molecule has 19 heavy (non-hydrogen) atoms. The van der Waals surface area contributed by atoms with E-state index in [1.54, 1.807) is 0 Å². The van der Waals surface area contributed by atoms with E-state index in [1.807, 2.05) is 23.1 Å². The number of thioether (sulfide) groups is 1. The predicted octanol–water partition coefficient (Wildman–Crippen LogP) is 2.79. The number of rotatable bonds is 5. The quantitative estimate of drug-likeness (QED) is 0.821. The Kier molecular flexibility index (Phi) is 4.15. The SMILES string of the molecule is C[C@H]1CC(NCCNC(=O)C2CC2)c2ccsc2S1. The minimum atomic E-state index is 0.241. The lowest BCUT2D eigenvalue weighted by molar-refractivity contribution is -0.122.